The van der Waals surface area contributed by atoms with E-state index in [0.29, 0.717) is 33.9 Å². The Morgan fingerprint density at radius 1 is 1.21 bits per heavy atom. The molecule has 7 nitrogen and oxygen atoms in total. The summed E-state index contributed by atoms with van der Waals surface area (Å²) in [4.78, 5) is 22.8. The van der Waals surface area contributed by atoms with Crippen molar-refractivity contribution in [2.24, 2.45) is 0 Å². The summed E-state index contributed by atoms with van der Waals surface area (Å²) in [7, 11) is 1.59. The Labute approximate surface area is 165 Å². The summed E-state index contributed by atoms with van der Waals surface area (Å²) >= 11 is 0. The molecule has 0 spiro atoms. The van der Waals surface area contributed by atoms with Crippen LogP contribution >= 0.6 is 0 Å². The van der Waals surface area contributed by atoms with Crippen molar-refractivity contribution in [3.05, 3.63) is 66.1 Å². The smallest absolute Gasteiger partial charge is 0.404 e. The van der Waals surface area contributed by atoms with Crippen molar-refractivity contribution in [2.45, 2.75) is 6.54 Å². The zero-order valence-corrected chi connectivity index (χ0v) is 15.4. The van der Waals surface area contributed by atoms with Gasteiger partial charge in [0.05, 0.1) is 12.7 Å². The molecule has 0 saturated carbocycles. The third kappa shape index (κ3) is 3.60. The number of carbonyl (C=O) groups is 1. The predicted octanol–water partition coefficient (Wildman–Crippen LogP) is 4.21. The molecule has 1 amide bonds. The van der Waals surface area contributed by atoms with E-state index in [1.54, 1.807) is 31.5 Å². The topological polar surface area (TPSA) is 100 Å². The highest BCUT2D eigenvalue weighted by Gasteiger charge is 2.15. The number of imidazole rings is 1. The molecule has 0 fully saturated rings. The van der Waals surface area contributed by atoms with Gasteiger partial charge in [0.15, 0.2) is 5.65 Å². The van der Waals surface area contributed by atoms with Crippen LogP contribution in [-0.2, 0) is 6.54 Å². The van der Waals surface area contributed by atoms with E-state index in [-0.39, 0.29) is 12.1 Å². The molecule has 0 bridgehead atoms. The maximum absolute atomic E-state index is 14.5. The third-order valence-corrected chi connectivity index (χ3v) is 4.54. The molecule has 4 aromatic rings. The number of halogens is 1. The van der Waals surface area contributed by atoms with Crippen LogP contribution in [0.25, 0.3) is 33.7 Å². The molecule has 146 valence electrons. The normalized spacial score (nSPS) is 10.8. The van der Waals surface area contributed by atoms with Crippen LogP contribution in [0.15, 0.2) is 54.7 Å². The standard InChI is InChI=1S/C21H17FN4O3/c1-29-17-5-3-2-4-15(17)19-25-18-14(8-9-23-20(18)26-19)12-6-7-13(16(22)10-12)11-24-21(27)28/h2-10,24H,11H2,1H3,(H,27,28)(H,23,25,26). The van der Waals surface area contributed by atoms with Gasteiger partial charge >= 0.3 is 6.09 Å². The Bertz CT molecular complexity index is 1210. The Hall–Kier alpha value is -3.94. The highest BCUT2D eigenvalue weighted by atomic mass is 19.1. The summed E-state index contributed by atoms with van der Waals surface area (Å²) in [5.74, 6) is 0.774. The Kier molecular flexibility index (Phi) is 4.82. The average molecular weight is 392 g/mol. The number of methoxy groups -OCH3 is 1. The SMILES string of the molecule is COc1ccccc1-c1nc2c(-c3ccc(CNC(=O)O)c(F)c3)ccnc2[nH]1. The van der Waals surface area contributed by atoms with E-state index in [1.165, 1.54) is 6.07 Å². The van der Waals surface area contributed by atoms with Gasteiger partial charge in [-0.25, -0.2) is 19.2 Å². The van der Waals surface area contributed by atoms with Gasteiger partial charge in [0.25, 0.3) is 0 Å². The highest BCUT2D eigenvalue weighted by Crippen LogP contribution is 2.32. The first-order chi connectivity index (χ1) is 14.1. The maximum atomic E-state index is 14.5. The Morgan fingerprint density at radius 2 is 2.03 bits per heavy atom. The lowest BCUT2D eigenvalue weighted by Crippen LogP contribution is -2.20. The molecule has 0 aliphatic rings. The second-order valence-corrected chi connectivity index (χ2v) is 6.31. The largest absolute Gasteiger partial charge is 0.496 e. The zero-order valence-electron chi connectivity index (χ0n) is 15.4. The number of hydrogen-bond acceptors (Lipinski definition) is 4. The fourth-order valence-electron chi connectivity index (χ4n) is 3.14. The molecule has 3 N–H and O–H groups in total. The first-order valence-electron chi connectivity index (χ1n) is 8.80. The van der Waals surface area contributed by atoms with Gasteiger partial charge in [0.2, 0.25) is 0 Å². The second-order valence-electron chi connectivity index (χ2n) is 6.31. The van der Waals surface area contributed by atoms with Gasteiger partial charge in [-0.05, 0) is 29.8 Å². The molecule has 8 heteroatoms. The number of pyridine rings is 1. The van der Waals surface area contributed by atoms with Crippen LogP contribution < -0.4 is 10.1 Å². The molecule has 29 heavy (non-hydrogen) atoms. The fraction of sp³-hybridized carbons (Fsp3) is 0.0952. The van der Waals surface area contributed by atoms with E-state index in [1.807, 2.05) is 24.3 Å². The number of aromatic amines is 1. The van der Waals surface area contributed by atoms with Crippen LogP contribution in [-0.4, -0.2) is 33.3 Å². The van der Waals surface area contributed by atoms with E-state index in [2.05, 4.69) is 20.3 Å². The number of para-hydroxylation sites is 1. The third-order valence-electron chi connectivity index (χ3n) is 4.54. The number of amides is 1. The van der Waals surface area contributed by atoms with E-state index in [9.17, 15) is 9.18 Å². The summed E-state index contributed by atoms with van der Waals surface area (Å²) in [5, 5.41) is 10.9. The van der Waals surface area contributed by atoms with Crippen LogP contribution in [0.5, 0.6) is 5.75 Å². The molecule has 0 radical (unpaired) electrons. The molecule has 0 saturated heterocycles. The van der Waals surface area contributed by atoms with Gasteiger partial charge in [0, 0.05) is 23.9 Å². The van der Waals surface area contributed by atoms with Gasteiger partial charge in [0.1, 0.15) is 22.9 Å². The number of rotatable bonds is 5. The number of hydrogen-bond donors (Lipinski definition) is 3. The summed E-state index contributed by atoms with van der Waals surface area (Å²) in [6.45, 7) is -0.104. The van der Waals surface area contributed by atoms with Gasteiger partial charge in [-0.2, -0.15) is 0 Å². The minimum Gasteiger partial charge on any atom is -0.496 e. The van der Waals surface area contributed by atoms with Crippen LogP contribution in [0, 0.1) is 5.82 Å². The molecule has 0 aliphatic heterocycles. The lowest BCUT2D eigenvalue weighted by atomic mass is 10.0. The highest BCUT2D eigenvalue weighted by molar-refractivity contribution is 5.91. The number of nitrogens with one attached hydrogen (secondary N) is 2. The summed E-state index contributed by atoms with van der Waals surface area (Å²) in [6.07, 6.45) is 0.421. The van der Waals surface area contributed by atoms with Gasteiger partial charge in [-0.3, -0.25) is 0 Å². The number of carboxylic acid groups (broad SMARTS) is 1. The van der Waals surface area contributed by atoms with Crippen LogP contribution in [0.3, 0.4) is 0 Å². The van der Waals surface area contributed by atoms with Crippen LogP contribution in [0.2, 0.25) is 0 Å². The van der Waals surface area contributed by atoms with E-state index in [4.69, 9.17) is 9.84 Å². The van der Waals surface area contributed by atoms with E-state index < -0.39 is 11.9 Å². The quantitative estimate of drug-likeness (QED) is 0.472. The van der Waals surface area contributed by atoms with Crippen molar-refractivity contribution in [2.75, 3.05) is 7.11 Å². The molecule has 2 aromatic carbocycles. The molecular weight excluding hydrogens is 375 g/mol. The van der Waals surface area contributed by atoms with Crippen molar-refractivity contribution >= 4 is 17.3 Å². The number of fused-ring (bicyclic) bond motifs is 1. The van der Waals surface area contributed by atoms with E-state index in [0.717, 1.165) is 5.56 Å². The van der Waals surface area contributed by atoms with Gasteiger partial charge in [-0.15, -0.1) is 0 Å². The van der Waals surface area contributed by atoms with Crippen LogP contribution in [0.4, 0.5) is 9.18 Å². The summed E-state index contributed by atoms with van der Waals surface area (Å²) in [6, 6.07) is 13.9. The Morgan fingerprint density at radius 3 is 2.79 bits per heavy atom. The monoisotopic (exact) mass is 392 g/mol. The molecule has 0 atom stereocenters. The van der Waals surface area contributed by atoms with Crippen molar-refractivity contribution in [3.8, 4) is 28.3 Å². The lowest BCUT2D eigenvalue weighted by Gasteiger charge is -2.07. The molecular formula is C21H17FN4O3. The zero-order chi connectivity index (χ0) is 20.4. The van der Waals surface area contributed by atoms with Gasteiger partial charge < -0.3 is 20.1 Å². The fourth-order valence-corrected chi connectivity index (χ4v) is 3.14. The number of aromatic nitrogens is 3. The van der Waals surface area contributed by atoms with Crippen molar-refractivity contribution < 1.29 is 19.0 Å². The van der Waals surface area contributed by atoms with E-state index >= 15 is 0 Å². The Balaban J connectivity index is 1.76. The van der Waals surface area contributed by atoms with Gasteiger partial charge in [-0.1, -0.05) is 24.3 Å². The van der Waals surface area contributed by atoms with Crippen molar-refractivity contribution in [1.29, 1.82) is 0 Å². The van der Waals surface area contributed by atoms with Crippen molar-refractivity contribution in [1.82, 2.24) is 20.3 Å². The first kappa shape index (κ1) is 18.4. The minimum atomic E-state index is -1.20. The molecule has 2 heterocycles. The molecule has 2 aromatic heterocycles. The maximum Gasteiger partial charge on any atom is 0.404 e. The number of benzene rings is 2. The minimum absolute atomic E-state index is 0.104. The number of nitrogens with zero attached hydrogens (tertiary/aromatic N) is 2. The first-order valence-corrected chi connectivity index (χ1v) is 8.80. The average Bonchev–Trinajstić information content (AvgIpc) is 3.17. The summed E-state index contributed by atoms with van der Waals surface area (Å²) < 4.78 is 19.9. The lowest BCUT2D eigenvalue weighted by molar-refractivity contribution is 0.194. The van der Waals surface area contributed by atoms with Crippen LogP contribution in [0.1, 0.15) is 5.56 Å². The molecule has 0 aliphatic carbocycles. The molecule has 4 rings (SSSR count). The van der Waals surface area contributed by atoms with Crippen molar-refractivity contribution in [3.63, 3.8) is 0 Å². The second kappa shape index (κ2) is 7.59. The number of ether oxygens (including phenoxy) is 1. The predicted molar refractivity (Wildman–Crippen MR) is 106 cm³/mol. The molecule has 0 unspecified atom stereocenters. The number of H-pyrrole nitrogens is 1. The summed E-state index contributed by atoms with van der Waals surface area (Å²) in [5.41, 5.74) is 3.55.